The maximum absolute atomic E-state index is 12.0. The Morgan fingerprint density at radius 1 is 1.21 bits per heavy atom. The fourth-order valence-electron chi connectivity index (χ4n) is 0.918. The van der Waals surface area contributed by atoms with Gasteiger partial charge in [-0.3, -0.25) is 4.79 Å². The molecule has 0 saturated heterocycles. The van der Waals surface area contributed by atoms with Crippen LogP contribution in [0.2, 0.25) is 0 Å². The number of hydrogen-bond donors (Lipinski definition) is 0. The van der Waals surface area contributed by atoms with E-state index >= 15 is 0 Å². The van der Waals surface area contributed by atoms with Crippen LogP contribution in [0.1, 0.15) is 10.4 Å². The summed E-state index contributed by atoms with van der Waals surface area (Å²) in [5, 5.41) is 6.69. The van der Waals surface area contributed by atoms with Crippen LogP contribution >= 0.6 is 0 Å². The van der Waals surface area contributed by atoms with Gasteiger partial charge < -0.3 is 5.11 Å². The van der Waals surface area contributed by atoms with Crippen molar-refractivity contribution < 1.29 is 23.1 Å². The standard InChI is InChI=1S/C9H7F3O2/c10-9(11,12)8(14)7(13)6-4-2-1-3-5-6/h1-5,8,14H/p+1. The van der Waals surface area contributed by atoms with E-state index in [2.05, 4.69) is 0 Å². The molecule has 0 bridgehead atoms. The number of carbonyl (C=O) groups excluding carboxylic acids is 1. The maximum Gasteiger partial charge on any atom is 0.470 e. The Hall–Kier alpha value is -1.36. The molecule has 1 unspecified atom stereocenters. The second-order valence-electron chi connectivity index (χ2n) is 2.70. The van der Waals surface area contributed by atoms with Crippen molar-refractivity contribution >= 4 is 5.78 Å². The van der Waals surface area contributed by atoms with Crippen molar-refractivity contribution in [2.75, 3.05) is 0 Å². The lowest BCUT2D eigenvalue weighted by atomic mass is 10.1. The first-order chi connectivity index (χ1) is 6.43. The zero-order valence-electron chi connectivity index (χ0n) is 7.01. The van der Waals surface area contributed by atoms with Gasteiger partial charge in [-0.05, 0) is 0 Å². The molecule has 0 aliphatic rings. The molecule has 76 valence electrons. The first-order valence-corrected chi connectivity index (χ1v) is 3.80. The van der Waals surface area contributed by atoms with Crippen LogP contribution in [-0.4, -0.2) is 23.2 Å². The Kier molecular flexibility index (Phi) is 2.90. The second-order valence-corrected chi connectivity index (χ2v) is 2.70. The number of halogens is 3. The van der Waals surface area contributed by atoms with Crippen molar-refractivity contribution in [3.63, 3.8) is 0 Å². The Balaban J connectivity index is 2.87. The minimum absolute atomic E-state index is 0.0928. The molecule has 0 heterocycles. The molecule has 0 aliphatic carbocycles. The predicted molar refractivity (Wildman–Crippen MR) is 44.2 cm³/mol. The van der Waals surface area contributed by atoms with Crippen LogP contribution in [0.4, 0.5) is 13.2 Å². The molecule has 0 amide bonds. The van der Waals surface area contributed by atoms with Gasteiger partial charge in [-0.15, -0.1) is 0 Å². The monoisotopic (exact) mass is 205 g/mol. The molecule has 1 aromatic carbocycles. The smallest absolute Gasteiger partial charge is 0.430 e. The normalized spacial score (nSPS) is 13.7. The van der Waals surface area contributed by atoms with E-state index in [9.17, 15) is 18.0 Å². The zero-order valence-corrected chi connectivity index (χ0v) is 7.01. The van der Waals surface area contributed by atoms with E-state index < -0.39 is 18.1 Å². The summed E-state index contributed by atoms with van der Waals surface area (Å²) in [6.45, 7) is 0. The lowest BCUT2D eigenvalue weighted by molar-refractivity contribution is -0.186. The average molecular weight is 205 g/mol. The number of rotatable bonds is 2. The highest BCUT2D eigenvalue weighted by Gasteiger charge is 2.48. The molecule has 0 aliphatic heterocycles. The van der Waals surface area contributed by atoms with Crippen molar-refractivity contribution in [2.45, 2.75) is 12.3 Å². The molecule has 0 fully saturated rings. The molecular weight excluding hydrogens is 197 g/mol. The number of Topliss-reactive ketones (excluding diaryl/α,β-unsaturated/α-hetero) is 1. The highest BCUT2D eigenvalue weighted by Crippen LogP contribution is 2.22. The second kappa shape index (κ2) is 3.79. The Morgan fingerprint density at radius 2 is 1.71 bits per heavy atom. The molecule has 1 atom stereocenters. The summed E-state index contributed by atoms with van der Waals surface area (Å²) >= 11 is 0. The van der Waals surface area contributed by atoms with Gasteiger partial charge in [0.2, 0.25) is 0 Å². The third kappa shape index (κ3) is 2.32. The fourth-order valence-corrected chi connectivity index (χ4v) is 0.918. The highest BCUT2D eigenvalue weighted by atomic mass is 19.4. The van der Waals surface area contributed by atoms with Gasteiger partial charge in [0.1, 0.15) is 0 Å². The van der Waals surface area contributed by atoms with E-state index in [0.29, 0.717) is 0 Å². The fraction of sp³-hybridized carbons (Fsp3) is 0.222. The summed E-state index contributed by atoms with van der Waals surface area (Å²) in [7, 11) is 0. The summed E-state index contributed by atoms with van der Waals surface area (Å²) in [5.74, 6) is -1.22. The van der Waals surface area contributed by atoms with Gasteiger partial charge in [0.25, 0.3) is 5.78 Å². The predicted octanol–water partition coefficient (Wildman–Crippen LogP) is 1.52. The van der Waals surface area contributed by atoms with E-state index in [1.807, 2.05) is 0 Å². The molecular formula is C9H8F3O2+. The molecule has 14 heavy (non-hydrogen) atoms. The van der Waals surface area contributed by atoms with E-state index in [0.717, 1.165) is 0 Å². The molecule has 0 aromatic heterocycles. The molecule has 5 heteroatoms. The van der Waals surface area contributed by atoms with Gasteiger partial charge in [-0.1, -0.05) is 30.3 Å². The minimum atomic E-state index is -4.80. The van der Waals surface area contributed by atoms with Crippen molar-refractivity contribution in [3.05, 3.63) is 35.9 Å². The molecule has 0 radical (unpaired) electrons. The average Bonchev–Trinajstić information content (AvgIpc) is 2.15. The van der Waals surface area contributed by atoms with E-state index in [1.54, 1.807) is 6.07 Å². The van der Waals surface area contributed by atoms with Crippen molar-refractivity contribution in [3.8, 4) is 0 Å². The largest absolute Gasteiger partial charge is 0.470 e. The number of hydrogen-bond acceptors (Lipinski definition) is 1. The van der Waals surface area contributed by atoms with Gasteiger partial charge in [-0.2, -0.15) is 13.2 Å². The van der Waals surface area contributed by atoms with Crippen LogP contribution < -0.4 is 0 Å². The molecule has 0 saturated carbocycles. The Bertz CT molecular complexity index is 319. The number of carbonyl (C=O) groups is 1. The van der Waals surface area contributed by atoms with Crippen molar-refractivity contribution in [2.24, 2.45) is 0 Å². The van der Waals surface area contributed by atoms with Crippen LogP contribution in [0, 0.1) is 0 Å². The first kappa shape index (κ1) is 10.7. The van der Waals surface area contributed by atoms with Gasteiger partial charge >= 0.3 is 12.3 Å². The summed E-state index contributed by atoms with van der Waals surface area (Å²) in [6, 6.07) is 7.02. The van der Waals surface area contributed by atoms with E-state index in [1.165, 1.54) is 24.3 Å². The maximum atomic E-state index is 12.0. The van der Waals surface area contributed by atoms with Crippen LogP contribution in [0.5, 0.6) is 0 Å². The summed E-state index contributed by atoms with van der Waals surface area (Å²) in [4.78, 5) is 11.1. The third-order valence-corrected chi connectivity index (χ3v) is 1.65. The van der Waals surface area contributed by atoms with Gasteiger partial charge in [0.15, 0.2) is 0 Å². The van der Waals surface area contributed by atoms with Crippen LogP contribution in [0.15, 0.2) is 30.3 Å². The van der Waals surface area contributed by atoms with Crippen LogP contribution in [-0.2, 0) is 0 Å². The highest BCUT2D eigenvalue weighted by molar-refractivity contribution is 5.99. The summed E-state index contributed by atoms with van der Waals surface area (Å²) < 4.78 is 35.9. The van der Waals surface area contributed by atoms with Crippen LogP contribution in [0.3, 0.4) is 0 Å². The van der Waals surface area contributed by atoms with Gasteiger partial charge in [-0.25, -0.2) is 0 Å². The lowest BCUT2D eigenvalue weighted by Gasteiger charge is -2.08. The molecule has 0 spiro atoms. The quantitative estimate of drug-likeness (QED) is 0.533. The lowest BCUT2D eigenvalue weighted by Crippen LogP contribution is -2.36. The zero-order chi connectivity index (χ0) is 10.8. The topological polar surface area (TPSA) is 40.0 Å². The molecule has 1 rings (SSSR count). The van der Waals surface area contributed by atoms with Gasteiger partial charge in [0, 0.05) is 5.56 Å². The van der Waals surface area contributed by atoms with E-state index in [-0.39, 0.29) is 5.56 Å². The molecule has 1 aromatic rings. The minimum Gasteiger partial charge on any atom is -0.430 e. The Morgan fingerprint density at radius 3 is 2.14 bits per heavy atom. The summed E-state index contributed by atoms with van der Waals surface area (Å²) in [5.41, 5.74) is -0.0928. The number of benzene rings is 1. The third-order valence-electron chi connectivity index (χ3n) is 1.65. The van der Waals surface area contributed by atoms with Crippen molar-refractivity contribution in [1.29, 1.82) is 0 Å². The molecule has 2 N–H and O–H groups in total. The first-order valence-electron chi connectivity index (χ1n) is 3.80. The summed E-state index contributed by atoms with van der Waals surface area (Å²) in [6.07, 6.45) is -7.49. The Labute approximate surface area is 78.0 Å². The van der Waals surface area contributed by atoms with E-state index in [4.69, 9.17) is 5.11 Å². The van der Waals surface area contributed by atoms with Crippen LogP contribution in [0.25, 0.3) is 0 Å². The number of alkyl halides is 3. The number of ketones is 1. The van der Waals surface area contributed by atoms with Gasteiger partial charge in [0.05, 0.1) is 0 Å². The SMILES string of the molecule is O=C(c1ccccc1)C([OH2+])C(F)(F)F. The molecule has 2 nitrogen and oxygen atoms in total. The van der Waals surface area contributed by atoms with Crippen molar-refractivity contribution in [1.82, 2.24) is 0 Å².